The molecule has 0 unspecified atom stereocenters. The SMILES string of the molecule is N#Cc1ccc(NS(=O)(=O)c2c[nH]c(-c3c(F)cccc3F)c2)c(F)c1. The largest absolute Gasteiger partial charge is 0.360 e. The molecule has 0 amide bonds. The van der Waals surface area contributed by atoms with Crippen LogP contribution in [0, 0.1) is 28.8 Å². The van der Waals surface area contributed by atoms with Gasteiger partial charge in [0.05, 0.1) is 28.6 Å². The first-order valence-electron chi connectivity index (χ1n) is 7.17. The molecule has 0 aliphatic carbocycles. The van der Waals surface area contributed by atoms with Crippen molar-refractivity contribution in [1.82, 2.24) is 4.98 Å². The van der Waals surface area contributed by atoms with Gasteiger partial charge in [-0.1, -0.05) is 6.07 Å². The van der Waals surface area contributed by atoms with E-state index in [9.17, 15) is 21.6 Å². The highest BCUT2D eigenvalue weighted by Crippen LogP contribution is 2.28. The van der Waals surface area contributed by atoms with Crippen LogP contribution in [0.5, 0.6) is 0 Å². The van der Waals surface area contributed by atoms with Gasteiger partial charge in [0.15, 0.2) is 0 Å². The van der Waals surface area contributed by atoms with Crippen LogP contribution >= 0.6 is 0 Å². The molecule has 0 bridgehead atoms. The van der Waals surface area contributed by atoms with E-state index in [1.165, 1.54) is 12.1 Å². The minimum absolute atomic E-state index is 0.0319. The second-order valence-electron chi connectivity index (χ2n) is 5.26. The Kier molecular flexibility index (Phi) is 4.44. The van der Waals surface area contributed by atoms with Crippen LogP contribution in [0.15, 0.2) is 53.6 Å². The average molecular weight is 377 g/mol. The van der Waals surface area contributed by atoms with E-state index in [4.69, 9.17) is 5.26 Å². The molecule has 0 atom stereocenters. The van der Waals surface area contributed by atoms with Crippen LogP contribution in [0.4, 0.5) is 18.9 Å². The van der Waals surface area contributed by atoms with Gasteiger partial charge in [0.25, 0.3) is 10.0 Å². The Labute approximate surface area is 146 Å². The molecule has 1 aromatic heterocycles. The number of aromatic nitrogens is 1. The molecule has 132 valence electrons. The van der Waals surface area contributed by atoms with E-state index >= 15 is 0 Å². The molecule has 0 radical (unpaired) electrons. The van der Waals surface area contributed by atoms with Gasteiger partial charge in [-0.3, -0.25) is 4.72 Å². The van der Waals surface area contributed by atoms with Gasteiger partial charge in [0, 0.05) is 6.20 Å². The Bertz CT molecular complexity index is 1110. The molecule has 5 nitrogen and oxygen atoms in total. The minimum atomic E-state index is -4.22. The molecule has 2 N–H and O–H groups in total. The van der Waals surface area contributed by atoms with E-state index < -0.39 is 33.0 Å². The number of sulfonamides is 1. The minimum Gasteiger partial charge on any atom is -0.360 e. The topological polar surface area (TPSA) is 85.8 Å². The zero-order chi connectivity index (χ0) is 18.9. The predicted molar refractivity (Wildman–Crippen MR) is 88.1 cm³/mol. The molecule has 0 spiro atoms. The lowest BCUT2D eigenvalue weighted by atomic mass is 10.1. The third-order valence-electron chi connectivity index (χ3n) is 3.54. The number of hydrogen-bond acceptors (Lipinski definition) is 3. The number of H-pyrrole nitrogens is 1. The third-order valence-corrected chi connectivity index (χ3v) is 4.89. The van der Waals surface area contributed by atoms with Crippen LogP contribution in [0.1, 0.15) is 5.56 Å². The van der Waals surface area contributed by atoms with E-state index in [1.807, 2.05) is 4.72 Å². The van der Waals surface area contributed by atoms with Gasteiger partial charge in [-0.25, -0.2) is 21.6 Å². The summed E-state index contributed by atoms with van der Waals surface area (Å²) in [6, 6.07) is 9.26. The summed E-state index contributed by atoms with van der Waals surface area (Å²) < 4.78 is 68.3. The first-order chi connectivity index (χ1) is 12.3. The highest BCUT2D eigenvalue weighted by atomic mass is 32.2. The van der Waals surface area contributed by atoms with E-state index in [1.54, 1.807) is 6.07 Å². The number of hydrogen-bond donors (Lipinski definition) is 2. The van der Waals surface area contributed by atoms with E-state index in [0.29, 0.717) is 0 Å². The summed E-state index contributed by atoms with van der Waals surface area (Å²) in [5, 5.41) is 8.70. The first-order valence-corrected chi connectivity index (χ1v) is 8.65. The molecule has 1 heterocycles. The normalized spacial score (nSPS) is 11.2. The van der Waals surface area contributed by atoms with Crippen molar-refractivity contribution in [1.29, 1.82) is 5.26 Å². The van der Waals surface area contributed by atoms with Crippen molar-refractivity contribution in [2.45, 2.75) is 4.90 Å². The summed E-state index contributed by atoms with van der Waals surface area (Å²) in [6.07, 6.45) is 1.03. The highest BCUT2D eigenvalue weighted by molar-refractivity contribution is 7.92. The van der Waals surface area contributed by atoms with E-state index in [0.717, 1.165) is 36.5 Å². The molecule has 0 aliphatic heterocycles. The summed E-state index contributed by atoms with van der Waals surface area (Å²) in [7, 11) is -4.22. The number of aromatic amines is 1. The molecule has 3 rings (SSSR count). The van der Waals surface area contributed by atoms with Gasteiger partial charge in [-0.15, -0.1) is 0 Å². The monoisotopic (exact) mass is 377 g/mol. The lowest BCUT2D eigenvalue weighted by Crippen LogP contribution is -2.13. The van der Waals surface area contributed by atoms with Crippen LogP contribution in [0.2, 0.25) is 0 Å². The van der Waals surface area contributed by atoms with Crippen molar-refractivity contribution < 1.29 is 21.6 Å². The lowest BCUT2D eigenvalue weighted by molar-refractivity contribution is 0.588. The number of anilines is 1. The van der Waals surface area contributed by atoms with Crippen LogP contribution in [0.25, 0.3) is 11.3 Å². The zero-order valence-electron chi connectivity index (χ0n) is 12.9. The van der Waals surface area contributed by atoms with Gasteiger partial charge in [-0.05, 0) is 36.4 Å². The van der Waals surface area contributed by atoms with Crippen molar-refractivity contribution >= 4 is 15.7 Å². The first kappa shape index (κ1) is 17.6. The Morgan fingerprint density at radius 3 is 2.31 bits per heavy atom. The molecule has 9 heteroatoms. The predicted octanol–water partition coefficient (Wildman–Crippen LogP) is 3.77. The van der Waals surface area contributed by atoms with Gasteiger partial charge in [0.1, 0.15) is 22.3 Å². The molecule has 0 saturated carbocycles. The van der Waals surface area contributed by atoms with Crippen LogP contribution in [-0.2, 0) is 10.0 Å². The summed E-state index contributed by atoms with van der Waals surface area (Å²) in [5.41, 5.74) is -0.812. The maximum atomic E-state index is 13.9. The Hall–Kier alpha value is -3.25. The van der Waals surface area contributed by atoms with E-state index in [2.05, 4.69) is 4.98 Å². The standard InChI is InChI=1S/C17H10F3N3O2S/c18-12-2-1-3-13(19)17(12)16-7-11(9-22-16)26(24,25)23-15-5-4-10(8-21)6-14(15)20/h1-7,9,22-23H. The fourth-order valence-corrected chi connectivity index (χ4v) is 3.36. The molecule has 0 aliphatic rings. The number of nitrogens with zero attached hydrogens (tertiary/aromatic N) is 1. The molecule has 0 saturated heterocycles. The molecule has 26 heavy (non-hydrogen) atoms. The Morgan fingerprint density at radius 2 is 1.69 bits per heavy atom. The smallest absolute Gasteiger partial charge is 0.263 e. The average Bonchev–Trinajstić information content (AvgIpc) is 3.07. The van der Waals surface area contributed by atoms with Gasteiger partial charge in [-0.2, -0.15) is 5.26 Å². The summed E-state index contributed by atoms with van der Waals surface area (Å²) in [6.45, 7) is 0. The van der Waals surface area contributed by atoms with Crippen molar-refractivity contribution in [3.63, 3.8) is 0 Å². The quantitative estimate of drug-likeness (QED) is 0.726. The Balaban J connectivity index is 1.95. The molecule has 3 aromatic rings. The fourth-order valence-electron chi connectivity index (χ4n) is 2.30. The summed E-state index contributed by atoms with van der Waals surface area (Å²) in [4.78, 5) is 2.16. The zero-order valence-corrected chi connectivity index (χ0v) is 13.7. The van der Waals surface area contributed by atoms with E-state index in [-0.39, 0.29) is 21.8 Å². The lowest BCUT2D eigenvalue weighted by Gasteiger charge is -2.07. The van der Waals surface area contributed by atoms with Crippen molar-refractivity contribution in [2.24, 2.45) is 0 Å². The van der Waals surface area contributed by atoms with Crippen LogP contribution in [0.3, 0.4) is 0 Å². The highest BCUT2D eigenvalue weighted by Gasteiger charge is 2.21. The maximum Gasteiger partial charge on any atom is 0.263 e. The Morgan fingerprint density at radius 1 is 1.00 bits per heavy atom. The number of rotatable bonds is 4. The van der Waals surface area contributed by atoms with Gasteiger partial charge >= 0.3 is 0 Å². The number of nitrogens with one attached hydrogen (secondary N) is 2. The van der Waals surface area contributed by atoms with Crippen molar-refractivity contribution in [3.8, 4) is 17.3 Å². The van der Waals surface area contributed by atoms with Crippen LogP contribution < -0.4 is 4.72 Å². The molecular formula is C17H10F3N3O2S. The summed E-state index contributed by atoms with van der Waals surface area (Å²) in [5.74, 6) is -2.65. The fraction of sp³-hybridized carbons (Fsp3) is 0. The molecular weight excluding hydrogens is 367 g/mol. The van der Waals surface area contributed by atoms with Crippen LogP contribution in [-0.4, -0.2) is 13.4 Å². The summed E-state index contributed by atoms with van der Waals surface area (Å²) >= 11 is 0. The molecule has 0 fully saturated rings. The number of benzene rings is 2. The second kappa shape index (κ2) is 6.57. The van der Waals surface area contributed by atoms with Crippen molar-refractivity contribution in [2.75, 3.05) is 4.72 Å². The second-order valence-corrected chi connectivity index (χ2v) is 6.94. The number of nitriles is 1. The van der Waals surface area contributed by atoms with Crippen molar-refractivity contribution in [3.05, 3.63) is 71.7 Å². The molecule has 2 aromatic carbocycles. The number of halogens is 3. The maximum absolute atomic E-state index is 13.9. The van der Waals surface area contributed by atoms with Gasteiger partial charge < -0.3 is 4.98 Å². The third kappa shape index (κ3) is 3.27. The van der Waals surface area contributed by atoms with Gasteiger partial charge in [0.2, 0.25) is 0 Å².